The quantitative estimate of drug-likeness (QED) is 0.824. The van der Waals surface area contributed by atoms with Gasteiger partial charge in [0.1, 0.15) is 0 Å². The molecule has 3 aliphatic heterocycles. The van der Waals surface area contributed by atoms with Crippen molar-refractivity contribution in [3.63, 3.8) is 0 Å². The van der Waals surface area contributed by atoms with Gasteiger partial charge in [0, 0.05) is 56.9 Å². The number of aromatic nitrogens is 1. The van der Waals surface area contributed by atoms with Crippen molar-refractivity contribution < 1.29 is 4.74 Å². The fourth-order valence-corrected chi connectivity index (χ4v) is 4.76. The molecule has 0 amide bonds. The van der Waals surface area contributed by atoms with Crippen LogP contribution in [0.5, 0.6) is 0 Å². The van der Waals surface area contributed by atoms with Gasteiger partial charge < -0.3 is 14.5 Å². The van der Waals surface area contributed by atoms with Gasteiger partial charge in [0.15, 0.2) is 5.13 Å². The molecule has 4 heterocycles. The molecule has 4 rings (SSSR count). The van der Waals surface area contributed by atoms with E-state index in [9.17, 15) is 0 Å². The minimum Gasteiger partial charge on any atom is -0.373 e. The second-order valence-electron chi connectivity index (χ2n) is 6.99. The number of likely N-dealkylation sites (N-methyl/N-ethyl adjacent to an activating group) is 1. The van der Waals surface area contributed by atoms with E-state index < -0.39 is 0 Å². The summed E-state index contributed by atoms with van der Waals surface area (Å²) < 4.78 is 6.34. The van der Waals surface area contributed by atoms with Crippen molar-refractivity contribution in [3.05, 3.63) is 11.6 Å². The molecule has 0 unspecified atom stereocenters. The van der Waals surface area contributed by atoms with E-state index in [1.807, 2.05) is 6.20 Å². The van der Waals surface area contributed by atoms with Crippen LogP contribution in [0.3, 0.4) is 0 Å². The largest absolute Gasteiger partial charge is 0.373 e. The lowest BCUT2D eigenvalue weighted by molar-refractivity contribution is -0.0163. The molecule has 3 aliphatic rings. The fraction of sp³-hybridized carbons (Fsp3) is 0.812. The number of hydrogen-bond acceptors (Lipinski definition) is 6. The van der Waals surface area contributed by atoms with Crippen LogP contribution < -0.4 is 4.90 Å². The fourth-order valence-electron chi connectivity index (χ4n) is 4.07. The molecule has 1 aromatic rings. The second kappa shape index (κ2) is 6.07. The van der Waals surface area contributed by atoms with Crippen molar-refractivity contribution in [1.82, 2.24) is 14.8 Å². The maximum atomic E-state index is 6.34. The van der Waals surface area contributed by atoms with Crippen LogP contribution in [0.2, 0.25) is 0 Å². The molecule has 122 valence electrons. The van der Waals surface area contributed by atoms with E-state index in [0.717, 1.165) is 32.5 Å². The van der Waals surface area contributed by atoms with Crippen LogP contribution in [-0.4, -0.2) is 79.3 Å². The number of thiazole rings is 1. The maximum absolute atomic E-state index is 6.34. The van der Waals surface area contributed by atoms with Gasteiger partial charge in [0.2, 0.25) is 0 Å². The standard InChI is InChI=1S/C16H26N4OS/c1-18-7-9-19(10-8-18)14-12-16(21-13-14)2-5-20(6-3-16)15-17-4-11-22-15/h4,11,14H,2-3,5-10,12-13H2,1H3/t14-/m0/s1. The average Bonchev–Trinajstić information content (AvgIpc) is 3.20. The predicted octanol–water partition coefficient (Wildman–Crippen LogP) is 1.52. The second-order valence-corrected chi connectivity index (χ2v) is 7.87. The summed E-state index contributed by atoms with van der Waals surface area (Å²) in [5.74, 6) is 0. The normalized spacial score (nSPS) is 30.2. The summed E-state index contributed by atoms with van der Waals surface area (Å²) in [4.78, 5) is 11.9. The first-order valence-electron chi connectivity index (χ1n) is 8.45. The van der Waals surface area contributed by atoms with Gasteiger partial charge in [0.25, 0.3) is 0 Å². The molecular formula is C16H26N4OS. The Morgan fingerprint density at radius 2 is 1.95 bits per heavy atom. The highest BCUT2D eigenvalue weighted by molar-refractivity contribution is 7.13. The molecule has 3 fully saturated rings. The Labute approximate surface area is 136 Å². The first-order valence-corrected chi connectivity index (χ1v) is 9.33. The van der Waals surface area contributed by atoms with E-state index in [2.05, 4.69) is 32.1 Å². The van der Waals surface area contributed by atoms with Gasteiger partial charge in [-0.05, 0) is 26.3 Å². The number of anilines is 1. The number of hydrogen-bond donors (Lipinski definition) is 0. The van der Waals surface area contributed by atoms with Crippen LogP contribution in [0.4, 0.5) is 5.13 Å². The third-order valence-corrected chi connectivity index (χ3v) is 6.44. The van der Waals surface area contributed by atoms with Crippen LogP contribution in [0, 0.1) is 0 Å². The molecule has 22 heavy (non-hydrogen) atoms. The molecule has 3 saturated heterocycles. The zero-order valence-electron chi connectivity index (χ0n) is 13.4. The van der Waals surface area contributed by atoms with Crippen molar-refractivity contribution >= 4 is 16.5 Å². The molecule has 5 nitrogen and oxygen atoms in total. The van der Waals surface area contributed by atoms with E-state index in [-0.39, 0.29) is 5.60 Å². The van der Waals surface area contributed by atoms with Gasteiger partial charge in [-0.3, -0.25) is 4.90 Å². The molecule has 0 aromatic carbocycles. The van der Waals surface area contributed by atoms with Crippen LogP contribution in [-0.2, 0) is 4.74 Å². The van der Waals surface area contributed by atoms with E-state index in [0.29, 0.717) is 6.04 Å². The first-order chi connectivity index (χ1) is 10.7. The Bertz CT molecular complexity index is 478. The Balaban J connectivity index is 1.33. The highest BCUT2D eigenvalue weighted by Crippen LogP contribution is 2.39. The van der Waals surface area contributed by atoms with Gasteiger partial charge >= 0.3 is 0 Å². The van der Waals surface area contributed by atoms with Gasteiger partial charge in [-0.2, -0.15) is 0 Å². The summed E-state index contributed by atoms with van der Waals surface area (Å²) in [6, 6.07) is 0.639. The summed E-state index contributed by atoms with van der Waals surface area (Å²) in [7, 11) is 2.22. The van der Waals surface area contributed by atoms with Crippen LogP contribution in [0.15, 0.2) is 11.6 Å². The zero-order valence-corrected chi connectivity index (χ0v) is 14.2. The van der Waals surface area contributed by atoms with Crippen molar-refractivity contribution in [2.75, 3.05) is 57.8 Å². The Morgan fingerprint density at radius 1 is 1.18 bits per heavy atom. The smallest absolute Gasteiger partial charge is 0.185 e. The summed E-state index contributed by atoms with van der Waals surface area (Å²) in [6.45, 7) is 7.90. The lowest BCUT2D eigenvalue weighted by atomic mass is 9.87. The molecule has 0 saturated carbocycles. The van der Waals surface area contributed by atoms with Crippen molar-refractivity contribution in [1.29, 1.82) is 0 Å². The molecule has 0 aliphatic carbocycles. The Kier molecular flexibility index (Phi) is 4.11. The summed E-state index contributed by atoms with van der Waals surface area (Å²) in [6.07, 6.45) is 5.43. The molecular weight excluding hydrogens is 296 g/mol. The van der Waals surface area contributed by atoms with E-state index >= 15 is 0 Å². The minimum atomic E-state index is 0.141. The van der Waals surface area contributed by atoms with Crippen molar-refractivity contribution in [2.24, 2.45) is 0 Å². The Morgan fingerprint density at radius 3 is 2.64 bits per heavy atom. The highest BCUT2D eigenvalue weighted by atomic mass is 32.1. The lowest BCUT2D eigenvalue weighted by Gasteiger charge is -2.39. The lowest BCUT2D eigenvalue weighted by Crippen LogP contribution is -2.50. The van der Waals surface area contributed by atoms with Crippen LogP contribution >= 0.6 is 11.3 Å². The van der Waals surface area contributed by atoms with Gasteiger partial charge in [-0.1, -0.05) is 0 Å². The third kappa shape index (κ3) is 2.89. The predicted molar refractivity (Wildman–Crippen MR) is 89.7 cm³/mol. The zero-order chi connectivity index (χ0) is 15.0. The van der Waals surface area contributed by atoms with E-state index in [4.69, 9.17) is 4.74 Å². The molecule has 1 atom stereocenters. The van der Waals surface area contributed by atoms with Gasteiger partial charge in [0.05, 0.1) is 12.2 Å². The number of piperazine rings is 1. The number of piperidine rings is 1. The Hall–Kier alpha value is -0.690. The molecule has 1 aromatic heterocycles. The average molecular weight is 322 g/mol. The topological polar surface area (TPSA) is 31.8 Å². The first kappa shape index (κ1) is 14.9. The third-order valence-electron chi connectivity index (χ3n) is 5.61. The van der Waals surface area contributed by atoms with E-state index in [1.165, 1.54) is 37.7 Å². The molecule has 6 heteroatoms. The monoisotopic (exact) mass is 322 g/mol. The number of nitrogens with zero attached hydrogens (tertiary/aromatic N) is 4. The molecule has 1 spiro atoms. The number of rotatable bonds is 2. The molecule has 0 bridgehead atoms. The van der Waals surface area contributed by atoms with Crippen molar-refractivity contribution in [3.8, 4) is 0 Å². The summed E-state index contributed by atoms with van der Waals surface area (Å²) >= 11 is 1.74. The van der Waals surface area contributed by atoms with Crippen LogP contribution in [0.1, 0.15) is 19.3 Å². The summed E-state index contributed by atoms with van der Waals surface area (Å²) in [5, 5.41) is 3.23. The molecule has 0 radical (unpaired) electrons. The number of ether oxygens (including phenoxy) is 1. The van der Waals surface area contributed by atoms with Crippen molar-refractivity contribution in [2.45, 2.75) is 30.9 Å². The summed E-state index contributed by atoms with van der Waals surface area (Å²) in [5.41, 5.74) is 0.141. The molecule has 0 N–H and O–H groups in total. The maximum Gasteiger partial charge on any atom is 0.185 e. The SMILES string of the molecule is CN1CCN([C@@H]2COC3(CCN(c4nccs4)CC3)C2)CC1. The van der Waals surface area contributed by atoms with E-state index in [1.54, 1.807) is 11.3 Å². The van der Waals surface area contributed by atoms with Crippen LogP contribution in [0.25, 0.3) is 0 Å². The van der Waals surface area contributed by atoms with Gasteiger partial charge in [-0.15, -0.1) is 11.3 Å². The minimum absolute atomic E-state index is 0.141. The van der Waals surface area contributed by atoms with Gasteiger partial charge in [-0.25, -0.2) is 4.98 Å². The highest BCUT2D eigenvalue weighted by Gasteiger charge is 2.44.